The Balaban J connectivity index is 0.00000567. The van der Waals surface area contributed by atoms with Crippen LogP contribution < -0.4 is 22.8 Å². The summed E-state index contributed by atoms with van der Waals surface area (Å²) in [5.41, 5.74) is 15.9. The van der Waals surface area contributed by atoms with Crippen LogP contribution in [0.2, 0.25) is 0 Å². The van der Waals surface area contributed by atoms with E-state index in [0.717, 1.165) is 11.1 Å². The van der Waals surface area contributed by atoms with Crippen LogP contribution in [0.3, 0.4) is 0 Å². The minimum absolute atomic E-state index is 0. The van der Waals surface area contributed by atoms with Gasteiger partial charge in [-0.3, -0.25) is 15.0 Å². The summed E-state index contributed by atoms with van der Waals surface area (Å²) in [7, 11) is 0. The van der Waals surface area contributed by atoms with E-state index in [0.29, 0.717) is 33.6 Å². The van der Waals surface area contributed by atoms with Crippen molar-refractivity contribution in [1.82, 2.24) is 18.8 Å². The fraction of sp³-hybridized carbons (Fsp3) is 0.109. The standard InChI is InChI=1S/C46H41N7O4.ClH/c47-42(48)37-22-14-15-32(28-37)29-40(43(49)54)50(44(55)41(35-18-5-1-6-19-35)36-20-7-2-8-21-36)30-33-16-13-17-34(27-33)31-51-45(56)52(38-23-9-3-10-24-38)53(46(51)57)39-25-11-4-12-26-39;/h1-28,40-41H,29-31H2,(H3,47,48)(H2,49,54);1H/t40-;/m1./s1. The Morgan fingerprint density at radius 2 is 1.05 bits per heavy atom. The van der Waals surface area contributed by atoms with Gasteiger partial charge in [-0.1, -0.05) is 140 Å². The van der Waals surface area contributed by atoms with Crippen molar-refractivity contribution in [3.63, 3.8) is 0 Å². The second kappa shape index (κ2) is 18.1. The molecule has 1 atom stereocenters. The van der Waals surface area contributed by atoms with Gasteiger partial charge in [-0.2, -0.15) is 9.36 Å². The normalized spacial score (nSPS) is 11.4. The fourth-order valence-electron chi connectivity index (χ4n) is 7.14. The Morgan fingerprint density at radius 3 is 1.55 bits per heavy atom. The van der Waals surface area contributed by atoms with Gasteiger partial charge in [0.25, 0.3) is 0 Å². The van der Waals surface area contributed by atoms with E-state index in [1.165, 1.54) is 18.8 Å². The van der Waals surface area contributed by atoms with Crippen molar-refractivity contribution in [3.8, 4) is 11.4 Å². The molecule has 7 aromatic rings. The van der Waals surface area contributed by atoms with E-state index in [2.05, 4.69) is 0 Å². The molecule has 6 aromatic carbocycles. The maximum Gasteiger partial charge on any atom is 0.352 e. The van der Waals surface area contributed by atoms with Crippen LogP contribution in [0, 0.1) is 5.41 Å². The second-order valence-electron chi connectivity index (χ2n) is 13.7. The Kier molecular flexibility index (Phi) is 12.6. The van der Waals surface area contributed by atoms with Gasteiger partial charge < -0.3 is 16.4 Å². The number of hydrogen-bond acceptors (Lipinski definition) is 5. The molecule has 5 N–H and O–H groups in total. The van der Waals surface area contributed by atoms with E-state index in [1.54, 1.807) is 78.9 Å². The number of carbonyl (C=O) groups excluding carboxylic acids is 2. The average molecular weight is 792 g/mol. The zero-order chi connectivity index (χ0) is 39.9. The number of nitrogens with one attached hydrogen (secondary N) is 1. The molecule has 0 saturated carbocycles. The van der Waals surface area contributed by atoms with E-state index >= 15 is 4.79 Å². The third kappa shape index (κ3) is 8.75. The van der Waals surface area contributed by atoms with Gasteiger partial charge in [0.05, 0.1) is 23.8 Å². The highest BCUT2D eigenvalue weighted by atomic mass is 35.5. The van der Waals surface area contributed by atoms with Crippen LogP contribution in [0.15, 0.2) is 179 Å². The van der Waals surface area contributed by atoms with Crippen LogP contribution in [0.25, 0.3) is 11.4 Å². The Hall–Kier alpha value is -7.24. The summed E-state index contributed by atoms with van der Waals surface area (Å²) in [5.74, 6) is -1.94. The molecular weight excluding hydrogens is 750 g/mol. The number of nitrogen functional groups attached to an aromatic ring is 1. The van der Waals surface area contributed by atoms with Gasteiger partial charge in [-0.15, -0.1) is 12.4 Å². The summed E-state index contributed by atoms with van der Waals surface area (Å²) >= 11 is 0. The molecule has 12 heteroatoms. The molecule has 0 fully saturated rings. The van der Waals surface area contributed by atoms with Gasteiger partial charge in [0.15, 0.2) is 0 Å². The number of benzene rings is 6. The lowest BCUT2D eigenvalue weighted by Crippen LogP contribution is -2.50. The molecule has 7 rings (SSSR count). The van der Waals surface area contributed by atoms with E-state index < -0.39 is 29.2 Å². The number of primary amides is 1. The Bertz CT molecular complexity index is 2530. The Labute approximate surface area is 341 Å². The van der Waals surface area contributed by atoms with Crippen LogP contribution >= 0.6 is 12.4 Å². The number of hydrogen-bond donors (Lipinski definition) is 3. The SMILES string of the molecule is Cl.N=C(N)c1cccc(C[C@H](C(N)=O)N(Cc2cccc(Cn3c(=O)n(-c4ccccc4)n(-c4ccccc4)c3=O)c2)C(=O)C(c2ccccc2)c2ccccc2)c1. The van der Waals surface area contributed by atoms with Crippen molar-refractivity contribution >= 4 is 30.1 Å². The Morgan fingerprint density at radius 1 is 0.586 bits per heavy atom. The van der Waals surface area contributed by atoms with Crippen LogP contribution in [-0.4, -0.2) is 42.5 Å². The molecule has 0 saturated heterocycles. The lowest BCUT2D eigenvalue weighted by Gasteiger charge is -2.34. The lowest BCUT2D eigenvalue weighted by atomic mass is 9.88. The molecule has 292 valence electrons. The van der Waals surface area contributed by atoms with Crippen molar-refractivity contribution in [2.75, 3.05) is 0 Å². The highest BCUT2D eigenvalue weighted by molar-refractivity contribution is 5.95. The van der Waals surface area contributed by atoms with Gasteiger partial charge in [0.2, 0.25) is 11.8 Å². The molecule has 1 heterocycles. The molecule has 58 heavy (non-hydrogen) atoms. The highest BCUT2D eigenvalue weighted by Gasteiger charge is 2.35. The van der Waals surface area contributed by atoms with Crippen LogP contribution in [0.4, 0.5) is 0 Å². The fourth-order valence-corrected chi connectivity index (χ4v) is 7.14. The lowest BCUT2D eigenvalue weighted by molar-refractivity contribution is -0.140. The van der Waals surface area contributed by atoms with Gasteiger partial charge >= 0.3 is 11.4 Å². The number of para-hydroxylation sites is 2. The van der Waals surface area contributed by atoms with Gasteiger partial charge in [-0.05, 0) is 58.1 Å². The van der Waals surface area contributed by atoms with E-state index in [-0.39, 0.29) is 43.7 Å². The smallest absolute Gasteiger partial charge is 0.352 e. The number of halogens is 1. The zero-order valence-electron chi connectivity index (χ0n) is 31.4. The quantitative estimate of drug-likeness (QED) is 0.0936. The number of rotatable bonds is 14. The van der Waals surface area contributed by atoms with Crippen molar-refractivity contribution < 1.29 is 9.59 Å². The molecule has 0 bridgehead atoms. The number of amidine groups is 1. The summed E-state index contributed by atoms with van der Waals surface area (Å²) in [4.78, 5) is 58.2. The summed E-state index contributed by atoms with van der Waals surface area (Å²) in [6, 6.07) is 49.8. The molecule has 1 aromatic heterocycles. The summed E-state index contributed by atoms with van der Waals surface area (Å²) < 4.78 is 3.89. The number of nitrogens with zero attached hydrogens (tertiary/aromatic N) is 4. The van der Waals surface area contributed by atoms with Gasteiger partial charge in [-0.25, -0.2) is 14.2 Å². The van der Waals surface area contributed by atoms with Crippen molar-refractivity contribution in [3.05, 3.63) is 224 Å². The van der Waals surface area contributed by atoms with E-state index in [4.69, 9.17) is 16.9 Å². The zero-order valence-corrected chi connectivity index (χ0v) is 32.2. The first kappa shape index (κ1) is 40.4. The van der Waals surface area contributed by atoms with Crippen molar-refractivity contribution in [2.45, 2.75) is 31.5 Å². The number of carbonyl (C=O) groups is 2. The van der Waals surface area contributed by atoms with Gasteiger partial charge in [0, 0.05) is 18.5 Å². The highest BCUT2D eigenvalue weighted by Crippen LogP contribution is 2.30. The van der Waals surface area contributed by atoms with Crippen LogP contribution in [0.1, 0.15) is 39.3 Å². The summed E-state index contributed by atoms with van der Waals surface area (Å²) in [5, 5.41) is 7.95. The summed E-state index contributed by atoms with van der Waals surface area (Å²) in [6.07, 6.45) is 0.0691. The third-order valence-corrected chi connectivity index (χ3v) is 9.88. The summed E-state index contributed by atoms with van der Waals surface area (Å²) in [6.45, 7) is -0.0725. The molecule has 0 aliphatic heterocycles. The first-order valence-corrected chi connectivity index (χ1v) is 18.5. The number of aromatic nitrogens is 3. The van der Waals surface area contributed by atoms with Crippen LogP contribution in [-0.2, 0) is 29.1 Å². The number of amides is 2. The van der Waals surface area contributed by atoms with Gasteiger partial charge in [0.1, 0.15) is 11.9 Å². The first-order chi connectivity index (χ1) is 27.7. The molecule has 0 spiro atoms. The molecule has 2 amide bonds. The molecule has 0 unspecified atom stereocenters. The predicted molar refractivity (Wildman–Crippen MR) is 228 cm³/mol. The maximum absolute atomic E-state index is 15.1. The molecule has 0 aliphatic carbocycles. The molecule has 0 aliphatic rings. The number of nitrogens with two attached hydrogens (primary N) is 2. The maximum atomic E-state index is 15.1. The largest absolute Gasteiger partial charge is 0.384 e. The van der Waals surface area contributed by atoms with Crippen molar-refractivity contribution in [2.24, 2.45) is 11.5 Å². The van der Waals surface area contributed by atoms with Crippen LogP contribution in [0.5, 0.6) is 0 Å². The molecule has 0 radical (unpaired) electrons. The topological polar surface area (TPSA) is 162 Å². The van der Waals surface area contributed by atoms with E-state index in [9.17, 15) is 14.4 Å². The third-order valence-electron chi connectivity index (χ3n) is 9.88. The van der Waals surface area contributed by atoms with Crippen molar-refractivity contribution in [1.29, 1.82) is 5.41 Å². The minimum Gasteiger partial charge on any atom is -0.384 e. The van der Waals surface area contributed by atoms with E-state index in [1.807, 2.05) is 91.0 Å². The second-order valence-corrected chi connectivity index (χ2v) is 13.7. The first-order valence-electron chi connectivity index (χ1n) is 18.5. The average Bonchev–Trinajstić information content (AvgIpc) is 3.48. The minimum atomic E-state index is -1.10. The molecule has 11 nitrogen and oxygen atoms in total. The monoisotopic (exact) mass is 791 g/mol. The molecular formula is C46H42ClN7O4. The predicted octanol–water partition coefficient (Wildman–Crippen LogP) is 5.80.